The van der Waals surface area contributed by atoms with E-state index in [0.29, 0.717) is 0 Å². The second-order valence-electron chi connectivity index (χ2n) is 0.962. The first-order valence-electron chi connectivity index (χ1n) is 2.56. The minimum absolute atomic E-state index is 0. The summed E-state index contributed by atoms with van der Waals surface area (Å²) in [6.45, 7) is 5.00. The maximum atomic E-state index is 7.25. The molecule has 0 N–H and O–H groups in total. The van der Waals surface area contributed by atoms with Crippen molar-refractivity contribution in [2.45, 2.75) is 6.92 Å². The molecule has 0 fully saturated rings. The second-order valence-corrected chi connectivity index (χ2v) is 0.962. The van der Waals surface area contributed by atoms with E-state index in [4.69, 9.17) is 10.5 Å². The topological polar surface area (TPSA) is 39.4 Å². The smallest absolute Gasteiger partial charge is 0.172 e. The van der Waals surface area contributed by atoms with E-state index in [1.165, 1.54) is 0 Å². The molecule has 1 aromatic carbocycles. The van der Waals surface area contributed by atoms with Crippen LogP contribution in [0.4, 0.5) is 0 Å². The second kappa shape index (κ2) is 23.4. The summed E-state index contributed by atoms with van der Waals surface area (Å²) in [5.41, 5.74) is 5.75. The zero-order valence-electron chi connectivity index (χ0n) is 5.95. The average molecular weight is 310 g/mol. The molecule has 0 aromatic heterocycles. The van der Waals surface area contributed by atoms with Gasteiger partial charge < -0.3 is 17.4 Å². The Kier molecular flexibility index (Phi) is 38.2. The fourth-order valence-electron chi connectivity index (χ4n) is 0.321. The van der Waals surface area contributed by atoms with Gasteiger partial charge in [0.15, 0.2) is 0 Å². The van der Waals surface area contributed by atoms with Crippen LogP contribution in [-0.2, 0) is 21.1 Å². The van der Waals surface area contributed by atoms with Crippen molar-refractivity contribution in [1.29, 1.82) is 0 Å². The van der Waals surface area contributed by atoms with E-state index in [2.05, 4.69) is 6.92 Å². The third-order valence-corrected chi connectivity index (χ3v) is 0.556. The Morgan fingerprint density at radius 3 is 1.60 bits per heavy atom. The Hall–Kier alpha value is -0.362. The van der Waals surface area contributed by atoms with Crippen LogP contribution in [-0.4, -0.2) is 0 Å². The molecule has 0 aliphatic heterocycles. The fourth-order valence-corrected chi connectivity index (χ4v) is 0.321. The molecule has 0 heterocycles. The van der Waals surface area contributed by atoms with E-state index < -0.39 is 0 Å². The Balaban J connectivity index is -0.0000000875. The molecule has 1 rings (SSSR count). The molecule has 1 aromatic rings. The van der Waals surface area contributed by atoms with E-state index in [1.54, 1.807) is 6.92 Å². The normalized spacial score (nSPS) is 5.00. The van der Waals surface area contributed by atoms with Gasteiger partial charge in [-0.15, -0.1) is 0 Å². The van der Waals surface area contributed by atoms with Crippen molar-refractivity contribution in [1.82, 2.24) is 0 Å². The third-order valence-electron chi connectivity index (χ3n) is 0.556. The van der Waals surface area contributed by atoms with Crippen LogP contribution in [0.15, 0.2) is 30.3 Å². The van der Waals surface area contributed by atoms with E-state index in [0.717, 1.165) is 0 Å². The van der Waals surface area contributed by atoms with Gasteiger partial charge in [0.1, 0.15) is 0 Å². The Morgan fingerprint density at radius 2 is 1.50 bits per heavy atom. The van der Waals surface area contributed by atoms with Crippen LogP contribution in [0.25, 0.3) is 5.59 Å². The van der Waals surface area contributed by atoms with Gasteiger partial charge in [-0.2, -0.15) is 25.1 Å². The molecule has 0 atom stereocenters. The van der Waals surface area contributed by atoms with E-state index in [1.807, 2.05) is 30.3 Å². The quantitative estimate of drug-likeness (QED) is 0.676. The Morgan fingerprint density at radius 1 is 1.20 bits per heavy atom. The maximum absolute atomic E-state index is 7.25. The molecule has 3 heteroatoms. The van der Waals surface area contributed by atoms with Gasteiger partial charge in [-0.3, -0.25) is 0 Å². The molecule has 60 valence electrons. The largest absolute Gasteiger partial charge is 0.214 e. The molecule has 10 heavy (non-hydrogen) atoms. The third kappa shape index (κ3) is 15.6. The number of nitrogens with zero attached hydrogens (tertiary/aromatic N) is 1. The minimum atomic E-state index is 0. The van der Waals surface area contributed by atoms with Crippen LogP contribution >= 0.6 is 0 Å². The molecule has 0 radical (unpaired) electrons. The Labute approximate surface area is 76.0 Å². The predicted molar refractivity (Wildman–Crippen MR) is 42.6 cm³/mol. The maximum Gasteiger partial charge on any atom is -0.172 e. The number of hydrogen-bond donors (Lipinski definition) is 0. The van der Waals surface area contributed by atoms with E-state index >= 15 is 0 Å². The molecule has 0 unspecified atom stereocenters. The average Bonchev–Trinajstić information content (AvgIpc) is 2.51. The first-order chi connectivity index (χ1) is 4.50. The van der Waals surface area contributed by atoms with E-state index in [9.17, 15) is 0 Å². The van der Waals surface area contributed by atoms with Gasteiger partial charge in [-0.1, -0.05) is 0 Å². The van der Waals surface area contributed by atoms with Gasteiger partial charge in [0.25, 0.3) is 0 Å². The molecule has 0 amide bonds. The van der Waals surface area contributed by atoms with Gasteiger partial charge in [0.05, 0.1) is 0 Å². The molecule has 2 nitrogen and oxygen atoms in total. The Bertz CT molecular complexity index is 80.5. The van der Waals surface area contributed by atoms with E-state index in [-0.39, 0.29) is 21.1 Å². The zero-order valence-corrected chi connectivity index (χ0v) is 9.54. The summed E-state index contributed by atoms with van der Waals surface area (Å²) >= 11 is 0. The summed E-state index contributed by atoms with van der Waals surface area (Å²) in [4.78, 5) is 7.25. The summed E-state index contributed by atoms with van der Waals surface area (Å²) in [5, 5.41) is 0. The molecule has 0 saturated heterocycles. The van der Waals surface area contributed by atoms with Crippen molar-refractivity contribution in [2.75, 3.05) is 0 Å². The summed E-state index contributed by atoms with van der Waals surface area (Å²) in [6.07, 6.45) is 0. The van der Waals surface area contributed by atoms with Crippen LogP contribution in [0.2, 0.25) is 0 Å². The standard InChI is InChI=1S/C5H5.C2H5.NO.W.2H/c1-2-4-5-3-1;2*1-2;;;/h1-5H;1H2,2H3;;;;/q3*-1;;;. The van der Waals surface area contributed by atoms with Gasteiger partial charge in [0.2, 0.25) is 0 Å². The van der Waals surface area contributed by atoms with Gasteiger partial charge in [0, 0.05) is 0 Å². The SMILES string of the molecule is [CH2-]C.[N-]=O.[WH2].c1cc[cH-]c1. The van der Waals surface area contributed by atoms with Crippen molar-refractivity contribution in [3.63, 3.8) is 0 Å². The number of nitroso groups, excluding NO2 is 1. The van der Waals surface area contributed by atoms with Gasteiger partial charge >= 0.3 is 21.1 Å². The van der Waals surface area contributed by atoms with Crippen molar-refractivity contribution < 1.29 is 21.1 Å². The van der Waals surface area contributed by atoms with Crippen LogP contribution in [0.5, 0.6) is 0 Å². The van der Waals surface area contributed by atoms with Gasteiger partial charge in [-0.25, -0.2) is 12.1 Å². The monoisotopic (exact) mass is 310 g/mol. The molecular formula is C7H12NOW-3. The number of hydrogen-bond acceptors (Lipinski definition) is 1. The summed E-state index contributed by atoms with van der Waals surface area (Å²) in [6, 6.07) is 10.0. The summed E-state index contributed by atoms with van der Waals surface area (Å²) in [7, 11) is 0. The number of rotatable bonds is 0. The molecule has 0 spiro atoms. The summed E-state index contributed by atoms with van der Waals surface area (Å²) in [5.74, 6) is 0. The van der Waals surface area contributed by atoms with Crippen molar-refractivity contribution in [2.24, 2.45) is 0 Å². The first-order valence-corrected chi connectivity index (χ1v) is 2.56. The molecule has 0 aliphatic rings. The molecule has 0 saturated carbocycles. The molecule has 0 aliphatic carbocycles. The molecular weight excluding hydrogens is 298 g/mol. The van der Waals surface area contributed by atoms with Crippen LogP contribution < -0.4 is 0 Å². The predicted octanol–water partition coefficient (Wildman–Crippen LogP) is 2.03. The summed E-state index contributed by atoms with van der Waals surface area (Å²) < 4.78 is 0. The van der Waals surface area contributed by atoms with Gasteiger partial charge in [-0.05, 0) is 0 Å². The first kappa shape index (κ1) is 16.3. The van der Waals surface area contributed by atoms with Crippen molar-refractivity contribution in [3.8, 4) is 0 Å². The van der Waals surface area contributed by atoms with Crippen molar-refractivity contribution in [3.05, 3.63) is 47.8 Å². The van der Waals surface area contributed by atoms with Crippen LogP contribution in [0.3, 0.4) is 0 Å². The fraction of sp³-hybridized carbons (Fsp3) is 0.143. The zero-order chi connectivity index (χ0) is 7.54. The van der Waals surface area contributed by atoms with Crippen molar-refractivity contribution >= 4 is 0 Å². The molecule has 0 bridgehead atoms. The van der Waals surface area contributed by atoms with Crippen LogP contribution in [0, 0.1) is 11.8 Å². The minimum Gasteiger partial charge on any atom is -0.214 e. The van der Waals surface area contributed by atoms with Crippen LogP contribution in [0.1, 0.15) is 6.92 Å².